The van der Waals surface area contributed by atoms with E-state index in [9.17, 15) is 13.2 Å². The molecular formula is C21H21BrN2O5S2. The molecule has 1 heterocycles. The molecule has 0 aliphatic rings. The maximum atomic E-state index is 13.2. The van der Waals surface area contributed by atoms with Gasteiger partial charge in [-0.1, -0.05) is 30.3 Å². The zero-order valence-electron chi connectivity index (χ0n) is 16.8. The van der Waals surface area contributed by atoms with Crippen molar-refractivity contribution in [2.24, 2.45) is 0 Å². The molecule has 0 bridgehead atoms. The van der Waals surface area contributed by atoms with Gasteiger partial charge < -0.3 is 14.8 Å². The fraction of sp³-hybridized carbons (Fsp3) is 0.190. The number of benzene rings is 2. The van der Waals surface area contributed by atoms with Crippen LogP contribution >= 0.6 is 27.3 Å². The molecule has 2 N–H and O–H groups in total. The van der Waals surface area contributed by atoms with Crippen LogP contribution in [0.5, 0.6) is 11.5 Å². The molecule has 0 unspecified atom stereocenters. The van der Waals surface area contributed by atoms with E-state index in [1.807, 2.05) is 30.3 Å². The maximum Gasteiger partial charge on any atom is 0.250 e. The summed E-state index contributed by atoms with van der Waals surface area (Å²) in [5, 5.41) is 2.76. The minimum absolute atomic E-state index is 0.115. The van der Waals surface area contributed by atoms with Gasteiger partial charge in [-0.25, -0.2) is 8.42 Å². The fourth-order valence-corrected chi connectivity index (χ4v) is 6.08. The van der Waals surface area contributed by atoms with Crippen LogP contribution in [0, 0.1) is 0 Å². The second-order valence-corrected chi connectivity index (χ2v) is 10.9. The number of rotatable bonds is 9. The molecule has 3 aromatic rings. The van der Waals surface area contributed by atoms with Crippen molar-refractivity contribution >= 4 is 48.9 Å². The summed E-state index contributed by atoms with van der Waals surface area (Å²) in [7, 11) is -0.908. The van der Waals surface area contributed by atoms with Crippen LogP contribution in [-0.2, 0) is 21.2 Å². The smallest absolute Gasteiger partial charge is 0.250 e. The summed E-state index contributed by atoms with van der Waals surface area (Å²) >= 11 is 4.34. The standard InChI is InChI=1S/C21H21BrN2O5S2/c1-28-15-8-9-18(29-2)16(13-15)23-21(25)17(12-14-6-4-3-5-7-14)24-31(26,27)20-11-10-19(22)30-20/h3-11,13,17,24H,12H2,1-2H3,(H,23,25)/t17-/m1/s1. The van der Waals surface area contributed by atoms with E-state index in [4.69, 9.17) is 9.47 Å². The summed E-state index contributed by atoms with van der Waals surface area (Å²) < 4.78 is 39.6. The predicted molar refractivity (Wildman–Crippen MR) is 124 cm³/mol. The second-order valence-electron chi connectivity index (χ2n) is 6.48. The van der Waals surface area contributed by atoms with Crippen molar-refractivity contribution in [3.63, 3.8) is 0 Å². The van der Waals surface area contributed by atoms with E-state index in [1.165, 1.54) is 20.3 Å². The molecule has 164 valence electrons. The van der Waals surface area contributed by atoms with Crippen LogP contribution in [0.2, 0.25) is 0 Å². The number of sulfonamides is 1. The van der Waals surface area contributed by atoms with Crippen molar-refractivity contribution in [3.05, 3.63) is 70.0 Å². The number of amides is 1. The number of nitrogens with one attached hydrogen (secondary N) is 2. The molecule has 0 radical (unpaired) electrons. The predicted octanol–water partition coefficient (Wildman–Crippen LogP) is 4.06. The molecule has 0 spiro atoms. The van der Waals surface area contributed by atoms with E-state index < -0.39 is 22.0 Å². The van der Waals surface area contributed by atoms with Crippen molar-refractivity contribution in [2.75, 3.05) is 19.5 Å². The first-order chi connectivity index (χ1) is 14.8. The summed E-state index contributed by atoms with van der Waals surface area (Å²) in [5.41, 5.74) is 1.19. The van der Waals surface area contributed by atoms with Crippen LogP contribution in [0.15, 0.2) is 68.7 Å². The third-order valence-electron chi connectivity index (χ3n) is 4.37. The molecule has 1 atom stereocenters. The van der Waals surface area contributed by atoms with E-state index in [0.29, 0.717) is 21.0 Å². The Morgan fingerprint density at radius 1 is 1.06 bits per heavy atom. The van der Waals surface area contributed by atoms with Gasteiger partial charge in [0.2, 0.25) is 5.91 Å². The van der Waals surface area contributed by atoms with Gasteiger partial charge in [-0.05, 0) is 52.2 Å². The zero-order valence-corrected chi connectivity index (χ0v) is 20.0. The lowest BCUT2D eigenvalue weighted by molar-refractivity contribution is -0.117. The monoisotopic (exact) mass is 524 g/mol. The third kappa shape index (κ3) is 6.07. The maximum absolute atomic E-state index is 13.2. The van der Waals surface area contributed by atoms with E-state index in [2.05, 4.69) is 26.0 Å². The SMILES string of the molecule is COc1ccc(OC)c(NC(=O)[C@@H](Cc2ccccc2)NS(=O)(=O)c2ccc(Br)s2)c1. The molecule has 10 heteroatoms. The fourth-order valence-electron chi connectivity index (χ4n) is 2.86. The molecule has 3 rings (SSSR count). The zero-order chi connectivity index (χ0) is 22.4. The van der Waals surface area contributed by atoms with Gasteiger partial charge in [0.25, 0.3) is 10.0 Å². The summed E-state index contributed by atoms with van der Waals surface area (Å²) in [5.74, 6) is 0.437. The number of halogens is 1. The Labute approximate surface area is 193 Å². The number of carbonyl (C=O) groups is 1. The Morgan fingerprint density at radius 2 is 1.81 bits per heavy atom. The first-order valence-electron chi connectivity index (χ1n) is 9.17. The Bertz CT molecular complexity index is 1150. The average molecular weight is 525 g/mol. The number of carbonyl (C=O) groups excluding carboxylic acids is 1. The first-order valence-corrected chi connectivity index (χ1v) is 12.3. The van der Waals surface area contributed by atoms with Crippen molar-refractivity contribution < 1.29 is 22.7 Å². The van der Waals surface area contributed by atoms with Crippen LogP contribution in [-0.4, -0.2) is 34.6 Å². The Morgan fingerprint density at radius 3 is 2.42 bits per heavy atom. The highest BCUT2D eigenvalue weighted by Crippen LogP contribution is 2.30. The quantitative estimate of drug-likeness (QED) is 0.440. The van der Waals surface area contributed by atoms with E-state index >= 15 is 0 Å². The molecule has 1 aromatic heterocycles. The van der Waals surface area contributed by atoms with Gasteiger partial charge in [-0.3, -0.25) is 4.79 Å². The van der Waals surface area contributed by atoms with Crippen LogP contribution < -0.4 is 19.5 Å². The van der Waals surface area contributed by atoms with E-state index in [0.717, 1.165) is 16.9 Å². The molecular weight excluding hydrogens is 504 g/mol. The molecule has 1 amide bonds. The normalized spacial score (nSPS) is 12.2. The first kappa shape index (κ1) is 23.3. The molecule has 0 fully saturated rings. The molecule has 2 aromatic carbocycles. The summed E-state index contributed by atoms with van der Waals surface area (Å²) in [6.07, 6.45) is 0.171. The summed E-state index contributed by atoms with van der Waals surface area (Å²) in [4.78, 5) is 13.2. The lowest BCUT2D eigenvalue weighted by Gasteiger charge is -2.19. The van der Waals surface area contributed by atoms with Gasteiger partial charge in [-0.2, -0.15) is 4.72 Å². The van der Waals surface area contributed by atoms with E-state index in [-0.39, 0.29) is 10.6 Å². The van der Waals surface area contributed by atoms with Gasteiger partial charge >= 0.3 is 0 Å². The van der Waals surface area contributed by atoms with Crippen molar-refractivity contribution in [1.29, 1.82) is 0 Å². The minimum atomic E-state index is -3.90. The average Bonchev–Trinajstić information content (AvgIpc) is 3.21. The minimum Gasteiger partial charge on any atom is -0.497 e. The van der Waals surface area contributed by atoms with Crippen LogP contribution in [0.1, 0.15) is 5.56 Å². The number of hydrogen-bond donors (Lipinski definition) is 2. The van der Waals surface area contributed by atoms with Crippen molar-refractivity contribution in [2.45, 2.75) is 16.7 Å². The summed E-state index contributed by atoms with van der Waals surface area (Å²) in [6.45, 7) is 0. The Balaban J connectivity index is 1.89. The topological polar surface area (TPSA) is 93.7 Å². The molecule has 0 aliphatic carbocycles. The van der Waals surface area contributed by atoms with Crippen molar-refractivity contribution in [3.8, 4) is 11.5 Å². The number of hydrogen-bond acceptors (Lipinski definition) is 6. The molecule has 0 saturated heterocycles. The number of anilines is 1. The number of ether oxygens (including phenoxy) is 2. The van der Waals surface area contributed by atoms with Crippen LogP contribution in [0.4, 0.5) is 5.69 Å². The second kappa shape index (κ2) is 10.3. The highest BCUT2D eigenvalue weighted by molar-refractivity contribution is 9.11. The van der Waals surface area contributed by atoms with Gasteiger partial charge in [0.15, 0.2) is 0 Å². The lowest BCUT2D eigenvalue weighted by atomic mass is 10.1. The largest absolute Gasteiger partial charge is 0.497 e. The summed E-state index contributed by atoms with van der Waals surface area (Å²) in [6, 6.07) is 16.2. The number of thiophene rings is 1. The number of methoxy groups -OCH3 is 2. The van der Waals surface area contributed by atoms with Gasteiger partial charge in [0.1, 0.15) is 21.8 Å². The highest BCUT2D eigenvalue weighted by atomic mass is 79.9. The Kier molecular flexibility index (Phi) is 7.71. The molecule has 7 nitrogen and oxygen atoms in total. The van der Waals surface area contributed by atoms with Crippen LogP contribution in [0.25, 0.3) is 0 Å². The van der Waals surface area contributed by atoms with Crippen LogP contribution in [0.3, 0.4) is 0 Å². The van der Waals surface area contributed by atoms with Gasteiger partial charge in [0, 0.05) is 6.07 Å². The molecule has 31 heavy (non-hydrogen) atoms. The van der Waals surface area contributed by atoms with E-state index in [1.54, 1.807) is 24.3 Å². The van der Waals surface area contributed by atoms with Gasteiger partial charge in [-0.15, -0.1) is 11.3 Å². The molecule has 0 aliphatic heterocycles. The Hall–Kier alpha value is -2.40. The van der Waals surface area contributed by atoms with Gasteiger partial charge in [0.05, 0.1) is 23.7 Å². The molecule has 0 saturated carbocycles. The third-order valence-corrected chi connectivity index (χ3v) is 7.96. The van der Waals surface area contributed by atoms with Crippen molar-refractivity contribution in [1.82, 2.24) is 4.72 Å². The highest BCUT2D eigenvalue weighted by Gasteiger charge is 2.28. The lowest BCUT2D eigenvalue weighted by Crippen LogP contribution is -2.45.